The predicted octanol–water partition coefficient (Wildman–Crippen LogP) is 5.99. The third-order valence-electron chi connectivity index (χ3n) is 10.5. The molecular formula is C38H52N6O2. The molecule has 2 aliphatic rings. The number of amides is 1. The van der Waals surface area contributed by atoms with Gasteiger partial charge in [-0.3, -0.25) is 9.69 Å². The molecular weight excluding hydrogens is 572 g/mol. The van der Waals surface area contributed by atoms with Crippen molar-refractivity contribution in [2.75, 3.05) is 44.2 Å². The van der Waals surface area contributed by atoms with Crippen molar-refractivity contribution in [2.45, 2.75) is 84.5 Å². The minimum atomic E-state index is -1.14. The van der Waals surface area contributed by atoms with Crippen LogP contribution >= 0.6 is 0 Å². The molecule has 1 aromatic heterocycles. The number of anilines is 1. The molecule has 0 spiro atoms. The molecule has 3 aromatic rings. The summed E-state index contributed by atoms with van der Waals surface area (Å²) in [6.07, 6.45) is 4.87. The number of aromatic nitrogens is 2. The molecule has 1 amide bonds. The van der Waals surface area contributed by atoms with Crippen molar-refractivity contribution in [3.63, 3.8) is 0 Å². The Kier molecular flexibility index (Phi) is 10.8. The molecule has 2 aromatic carbocycles. The Balaban J connectivity index is 1.25. The van der Waals surface area contributed by atoms with Gasteiger partial charge in [-0.05, 0) is 83.6 Å². The molecule has 0 saturated carbocycles. The Morgan fingerprint density at radius 3 is 2.11 bits per heavy atom. The van der Waals surface area contributed by atoms with Crippen molar-refractivity contribution >= 4 is 17.3 Å². The molecule has 2 saturated heterocycles. The van der Waals surface area contributed by atoms with Crippen LogP contribution in [0.15, 0.2) is 67.5 Å². The Labute approximate surface area is 275 Å². The van der Waals surface area contributed by atoms with Crippen LogP contribution in [0.1, 0.15) is 80.6 Å². The average molecular weight is 625 g/mol. The maximum atomic E-state index is 12.8. The highest BCUT2D eigenvalue weighted by Crippen LogP contribution is 2.36. The third kappa shape index (κ3) is 7.29. The van der Waals surface area contributed by atoms with E-state index >= 15 is 0 Å². The van der Waals surface area contributed by atoms with E-state index < -0.39 is 6.10 Å². The highest BCUT2D eigenvalue weighted by atomic mass is 16.3. The third-order valence-corrected chi connectivity index (χ3v) is 10.5. The van der Waals surface area contributed by atoms with Crippen LogP contribution < -0.4 is 4.90 Å². The highest BCUT2D eigenvalue weighted by Gasteiger charge is 2.39. The molecule has 1 N–H and O–H groups in total. The molecule has 8 nitrogen and oxygen atoms in total. The van der Waals surface area contributed by atoms with Gasteiger partial charge in [0.05, 0.1) is 11.4 Å². The van der Waals surface area contributed by atoms with Crippen LogP contribution in [-0.2, 0) is 11.3 Å². The number of nitrogens with zero attached hydrogens (tertiary/aromatic N) is 6. The van der Waals surface area contributed by atoms with Crippen molar-refractivity contribution in [2.24, 2.45) is 0 Å². The minimum Gasteiger partial charge on any atom is -0.378 e. The number of likely N-dealkylation sites (tertiary alicyclic amines) is 2. The van der Waals surface area contributed by atoms with E-state index in [0.29, 0.717) is 24.7 Å². The molecule has 46 heavy (non-hydrogen) atoms. The second-order valence-corrected chi connectivity index (χ2v) is 13.2. The van der Waals surface area contributed by atoms with Crippen LogP contribution in [-0.4, -0.2) is 86.5 Å². The van der Waals surface area contributed by atoms with E-state index in [9.17, 15) is 9.90 Å². The van der Waals surface area contributed by atoms with Gasteiger partial charge in [-0.1, -0.05) is 49.0 Å². The Morgan fingerprint density at radius 2 is 1.54 bits per heavy atom. The smallest absolute Gasteiger partial charge is 0.256 e. The number of rotatable bonds is 11. The zero-order valence-electron chi connectivity index (χ0n) is 28.5. The van der Waals surface area contributed by atoms with Gasteiger partial charge in [0.2, 0.25) is 0 Å². The second-order valence-electron chi connectivity index (χ2n) is 13.2. The number of hydrogen-bond donors (Lipinski definition) is 1. The predicted molar refractivity (Wildman–Crippen MR) is 186 cm³/mol. The lowest BCUT2D eigenvalue weighted by Gasteiger charge is -2.51. The fourth-order valence-electron chi connectivity index (χ4n) is 7.37. The minimum absolute atomic E-state index is 0.165. The van der Waals surface area contributed by atoms with Gasteiger partial charge >= 0.3 is 0 Å². The van der Waals surface area contributed by atoms with E-state index in [1.165, 1.54) is 5.56 Å². The van der Waals surface area contributed by atoms with E-state index in [-0.39, 0.29) is 11.4 Å². The van der Waals surface area contributed by atoms with Gasteiger partial charge in [-0.25, -0.2) is 9.97 Å². The number of aryl methyl sites for hydroxylation is 2. The van der Waals surface area contributed by atoms with E-state index in [4.69, 9.17) is 0 Å². The fourth-order valence-corrected chi connectivity index (χ4v) is 7.37. The van der Waals surface area contributed by atoms with Crippen LogP contribution in [0.4, 0.5) is 5.69 Å². The van der Waals surface area contributed by atoms with Crippen LogP contribution in [0.5, 0.6) is 0 Å². The number of aliphatic hydroxyl groups is 1. The second kappa shape index (κ2) is 14.8. The lowest BCUT2D eigenvalue weighted by molar-refractivity contribution is -0.140. The van der Waals surface area contributed by atoms with Gasteiger partial charge in [-0.2, -0.15) is 0 Å². The highest BCUT2D eigenvalue weighted by molar-refractivity contribution is 5.82. The Bertz CT molecular complexity index is 1440. The number of likely N-dealkylation sites (N-methyl/N-ethyl adjacent to an activating group) is 1. The van der Waals surface area contributed by atoms with Crippen LogP contribution in [0.25, 0.3) is 5.70 Å². The van der Waals surface area contributed by atoms with Crippen molar-refractivity contribution in [3.8, 4) is 0 Å². The first-order valence-electron chi connectivity index (χ1n) is 17.0. The first-order valence-corrected chi connectivity index (χ1v) is 17.0. The van der Waals surface area contributed by atoms with Gasteiger partial charge in [0.15, 0.2) is 6.10 Å². The van der Waals surface area contributed by atoms with Crippen molar-refractivity contribution in [1.29, 1.82) is 0 Å². The summed E-state index contributed by atoms with van der Waals surface area (Å²) in [4.78, 5) is 31.0. The zero-order chi connectivity index (χ0) is 32.8. The van der Waals surface area contributed by atoms with Crippen LogP contribution in [0.3, 0.4) is 0 Å². The van der Waals surface area contributed by atoms with E-state index in [2.05, 4.69) is 80.6 Å². The number of benzene rings is 2. The van der Waals surface area contributed by atoms with Gasteiger partial charge in [0.1, 0.15) is 6.33 Å². The fraction of sp³-hybridized carbons (Fsp3) is 0.500. The number of hydrogen-bond acceptors (Lipinski definition) is 7. The molecule has 5 rings (SSSR count). The molecule has 8 heteroatoms. The average Bonchev–Trinajstić information content (AvgIpc) is 3.08. The standard InChI is InChI=1S/C38H52N6O2/c1-7-41(8-2)37(46)36(45)32-14-16-33(17-15-32)44(26-31-12-10-9-11-13-31)34-18-22-43(23-19-34)38(6)20-24-42(25-21-38)30(5)35-28(3)39-27-40-29(35)4/h9-17,27,34,36,45H,5,7-8,18-26H2,1-4,6H3/t36-/m0/s1. The Hall–Kier alpha value is -3.75. The molecule has 0 unspecified atom stereocenters. The first kappa shape index (κ1) is 33.6. The van der Waals surface area contributed by atoms with Crippen molar-refractivity contribution in [1.82, 2.24) is 24.7 Å². The van der Waals surface area contributed by atoms with E-state index in [1.54, 1.807) is 11.2 Å². The molecule has 0 bridgehead atoms. The number of aliphatic hydroxyl groups excluding tert-OH is 1. The summed E-state index contributed by atoms with van der Waals surface area (Å²) < 4.78 is 0. The van der Waals surface area contributed by atoms with Crippen molar-refractivity contribution < 1.29 is 9.90 Å². The molecule has 246 valence electrons. The van der Waals surface area contributed by atoms with Gasteiger partial charge in [-0.15, -0.1) is 0 Å². The molecule has 2 fully saturated rings. The SMILES string of the molecule is C=C(c1c(C)ncnc1C)N1CCC(C)(N2CCC(N(Cc3ccccc3)c3ccc([C@H](O)C(=O)N(CC)CC)cc3)CC2)CC1. The summed E-state index contributed by atoms with van der Waals surface area (Å²) in [5.74, 6) is -0.241. The zero-order valence-corrected chi connectivity index (χ0v) is 28.5. The summed E-state index contributed by atoms with van der Waals surface area (Å²) in [5.41, 5.74) is 7.33. The molecule has 1 atom stereocenters. The summed E-state index contributed by atoms with van der Waals surface area (Å²) in [7, 11) is 0. The molecule has 3 heterocycles. The van der Waals surface area contributed by atoms with E-state index in [0.717, 1.165) is 86.7 Å². The first-order chi connectivity index (χ1) is 22.1. The monoisotopic (exact) mass is 624 g/mol. The van der Waals surface area contributed by atoms with Gasteiger partial charge < -0.3 is 19.8 Å². The lowest BCUT2D eigenvalue weighted by Crippen LogP contribution is -2.57. The summed E-state index contributed by atoms with van der Waals surface area (Å²) in [5, 5.41) is 10.8. The van der Waals surface area contributed by atoms with Gasteiger partial charge in [0.25, 0.3) is 5.91 Å². The largest absolute Gasteiger partial charge is 0.378 e. The maximum Gasteiger partial charge on any atom is 0.256 e. The molecule has 2 aliphatic heterocycles. The number of carbonyl (C=O) groups is 1. The number of piperidine rings is 2. The van der Waals surface area contributed by atoms with Crippen molar-refractivity contribution in [3.05, 3.63) is 95.6 Å². The molecule has 0 radical (unpaired) electrons. The lowest BCUT2D eigenvalue weighted by atomic mass is 9.85. The molecule has 0 aliphatic carbocycles. The van der Waals surface area contributed by atoms with Crippen LogP contribution in [0, 0.1) is 13.8 Å². The number of carbonyl (C=O) groups excluding carboxylic acids is 1. The summed E-state index contributed by atoms with van der Waals surface area (Å²) in [6, 6.07) is 19.0. The Morgan fingerprint density at radius 1 is 0.957 bits per heavy atom. The topological polar surface area (TPSA) is 76.0 Å². The maximum absolute atomic E-state index is 12.8. The van der Waals surface area contributed by atoms with E-state index in [1.807, 2.05) is 39.8 Å². The van der Waals surface area contributed by atoms with Gasteiger partial charge in [0, 0.05) is 74.3 Å². The summed E-state index contributed by atoms with van der Waals surface area (Å²) in [6.45, 7) is 21.0. The summed E-state index contributed by atoms with van der Waals surface area (Å²) >= 11 is 0. The normalized spacial score (nSPS) is 17.8. The van der Waals surface area contributed by atoms with Crippen LogP contribution in [0.2, 0.25) is 0 Å². The quantitative estimate of drug-likeness (QED) is 0.281.